The Morgan fingerprint density at radius 2 is 1.61 bits per heavy atom. The number of nitrogens with zero attached hydrogens (tertiary/aromatic N) is 3. The summed E-state index contributed by atoms with van der Waals surface area (Å²) < 4.78 is 27.2. The van der Waals surface area contributed by atoms with Crippen LogP contribution in [0.1, 0.15) is 37.7 Å². The maximum Gasteiger partial charge on any atom is 0.333 e. The van der Waals surface area contributed by atoms with Gasteiger partial charge in [-0.2, -0.15) is 4.31 Å². The summed E-state index contributed by atoms with van der Waals surface area (Å²) in [6.07, 6.45) is -0.0977. The minimum absolute atomic E-state index is 0.00581. The van der Waals surface area contributed by atoms with Crippen LogP contribution >= 0.6 is 0 Å². The maximum atomic E-state index is 12.9. The third kappa shape index (κ3) is 6.18. The second-order valence-electron chi connectivity index (χ2n) is 7.72. The van der Waals surface area contributed by atoms with Crippen LogP contribution in [0.5, 0.6) is 0 Å². The second kappa shape index (κ2) is 10.6. The highest BCUT2D eigenvalue weighted by Gasteiger charge is 2.33. The number of benzene rings is 1. The van der Waals surface area contributed by atoms with Gasteiger partial charge in [-0.15, -0.1) is 5.06 Å². The number of sulfonamides is 1. The van der Waals surface area contributed by atoms with Gasteiger partial charge in [0.15, 0.2) is 0 Å². The number of aryl methyl sites for hydroxylation is 1. The van der Waals surface area contributed by atoms with Crippen LogP contribution in [0.15, 0.2) is 29.2 Å². The fourth-order valence-electron chi connectivity index (χ4n) is 3.34. The van der Waals surface area contributed by atoms with Crippen molar-refractivity contribution in [3.8, 4) is 11.8 Å². The van der Waals surface area contributed by atoms with Crippen LogP contribution in [-0.4, -0.2) is 72.6 Å². The van der Waals surface area contributed by atoms with Crippen LogP contribution in [0, 0.1) is 18.8 Å². The molecule has 2 aliphatic heterocycles. The summed E-state index contributed by atoms with van der Waals surface area (Å²) in [5.74, 6) is 3.25. The first kappa shape index (κ1) is 24.4. The average Bonchev–Trinajstić information content (AvgIpc) is 3.16. The predicted octanol–water partition coefficient (Wildman–Crippen LogP) is 0.609. The molecule has 3 rings (SSSR count). The minimum atomic E-state index is -3.71. The molecule has 11 heteroatoms. The van der Waals surface area contributed by atoms with E-state index in [0.29, 0.717) is 11.5 Å². The molecule has 1 aromatic carbocycles. The van der Waals surface area contributed by atoms with Gasteiger partial charge in [-0.1, -0.05) is 29.5 Å². The van der Waals surface area contributed by atoms with Gasteiger partial charge in [0.25, 0.3) is 11.8 Å². The highest BCUT2D eigenvalue weighted by Crippen LogP contribution is 2.17. The number of hydrogen-bond acceptors (Lipinski definition) is 7. The lowest BCUT2D eigenvalue weighted by Crippen LogP contribution is -2.36. The quantitative estimate of drug-likeness (QED) is 0.436. The number of carbonyl (C=O) groups is 4. The maximum absolute atomic E-state index is 12.9. The van der Waals surface area contributed by atoms with Crippen LogP contribution in [-0.2, 0) is 34.0 Å². The zero-order valence-corrected chi connectivity index (χ0v) is 19.1. The lowest BCUT2D eigenvalue weighted by Gasteiger charge is -2.22. The van der Waals surface area contributed by atoms with Crippen molar-refractivity contribution >= 4 is 33.7 Å². The number of rotatable bonds is 6. The lowest BCUT2D eigenvalue weighted by molar-refractivity contribution is -0.197. The van der Waals surface area contributed by atoms with Crippen molar-refractivity contribution in [3.05, 3.63) is 29.8 Å². The molecule has 0 atom stereocenters. The Balaban J connectivity index is 1.53. The Kier molecular flexibility index (Phi) is 7.84. The van der Waals surface area contributed by atoms with Crippen LogP contribution in [0.4, 0.5) is 0 Å². The van der Waals surface area contributed by atoms with Crippen molar-refractivity contribution in [2.45, 2.75) is 43.9 Å². The van der Waals surface area contributed by atoms with Crippen molar-refractivity contribution in [3.63, 3.8) is 0 Å². The highest BCUT2D eigenvalue weighted by atomic mass is 32.2. The topological polar surface area (TPSA) is 121 Å². The Morgan fingerprint density at radius 3 is 2.27 bits per heavy atom. The number of imide groups is 1. The second-order valence-corrected chi connectivity index (χ2v) is 9.66. The summed E-state index contributed by atoms with van der Waals surface area (Å²) in [6.45, 7) is 2.46. The largest absolute Gasteiger partial charge is 0.333 e. The van der Waals surface area contributed by atoms with Gasteiger partial charge in [0.05, 0.1) is 24.4 Å². The molecule has 1 saturated heterocycles. The fraction of sp³-hybridized carbons (Fsp3) is 0.455. The van der Waals surface area contributed by atoms with E-state index in [1.54, 1.807) is 24.3 Å². The summed E-state index contributed by atoms with van der Waals surface area (Å²) in [7, 11) is -3.71. The summed E-state index contributed by atoms with van der Waals surface area (Å²) >= 11 is 0. The molecule has 0 bridgehead atoms. The third-order valence-electron chi connectivity index (χ3n) is 5.24. The first-order valence-corrected chi connectivity index (χ1v) is 12.0. The molecule has 33 heavy (non-hydrogen) atoms. The molecular weight excluding hydrogens is 450 g/mol. The Morgan fingerprint density at radius 1 is 0.970 bits per heavy atom. The van der Waals surface area contributed by atoms with E-state index in [9.17, 15) is 27.6 Å². The molecule has 1 aromatic rings. The van der Waals surface area contributed by atoms with E-state index in [2.05, 4.69) is 11.8 Å². The van der Waals surface area contributed by atoms with Gasteiger partial charge in [0, 0.05) is 32.4 Å². The lowest BCUT2D eigenvalue weighted by atomic mass is 10.2. The number of hydroxylamine groups is 2. The Bertz CT molecular complexity index is 1090. The zero-order valence-electron chi connectivity index (χ0n) is 18.3. The van der Waals surface area contributed by atoms with Crippen LogP contribution in [0.2, 0.25) is 0 Å². The normalized spacial score (nSPS) is 17.6. The van der Waals surface area contributed by atoms with E-state index in [1.807, 2.05) is 6.92 Å². The van der Waals surface area contributed by atoms with Crippen molar-refractivity contribution in [2.24, 2.45) is 0 Å². The fourth-order valence-corrected chi connectivity index (χ4v) is 4.72. The molecule has 0 unspecified atom stereocenters. The molecule has 0 aliphatic carbocycles. The van der Waals surface area contributed by atoms with Gasteiger partial charge in [-0.05, 0) is 25.5 Å². The van der Waals surface area contributed by atoms with Crippen LogP contribution < -0.4 is 0 Å². The molecule has 2 heterocycles. The molecule has 176 valence electrons. The van der Waals surface area contributed by atoms with E-state index in [-0.39, 0.29) is 62.7 Å². The molecule has 1 fully saturated rings. The van der Waals surface area contributed by atoms with E-state index < -0.39 is 27.8 Å². The third-order valence-corrected chi connectivity index (χ3v) is 7.10. The molecule has 0 spiro atoms. The van der Waals surface area contributed by atoms with Gasteiger partial charge in [-0.25, -0.2) is 13.2 Å². The highest BCUT2D eigenvalue weighted by molar-refractivity contribution is 7.89. The average molecular weight is 476 g/mol. The van der Waals surface area contributed by atoms with Crippen molar-refractivity contribution in [2.75, 3.05) is 26.2 Å². The minimum Gasteiger partial charge on any atom is -0.331 e. The van der Waals surface area contributed by atoms with Crippen LogP contribution in [0.25, 0.3) is 0 Å². The number of hydrogen-bond donors (Lipinski definition) is 0. The van der Waals surface area contributed by atoms with Gasteiger partial charge < -0.3 is 9.74 Å². The van der Waals surface area contributed by atoms with Gasteiger partial charge in [0.1, 0.15) is 0 Å². The summed E-state index contributed by atoms with van der Waals surface area (Å²) in [5.41, 5.74) is 0.954. The Labute approximate surface area is 192 Å². The first-order chi connectivity index (χ1) is 15.7. The monoisotopic (exact) mass is 475 g/mol. The zero-order chi connectivity index (χ0) is 24.0. The molecular formula is C22H25N3O7S. The molecule has 0 aromatic heterocycles. The molecule has 10 nitrogen and oxygen atoms in total. The predicted molar refractivity (Wildman–Crippen MR) is 115 cm³/mol. The first-order valence-electron chi connectivity index (χ1n) is 10.6. The molecule has 0 saturated carbocycles. The molecule has 0 N–H and O–H groups in total. The van der Waals surface area contributed by atoms with Gasteiger partial charge in [0.2, 0.25) is 15.9 Å². The van der Waals surface area contributed by atoms with E-state index in [4.69, 9.17) is 4.84 Å². The summed E-state index contributed by atoms with van der Waals surface area (Å²) in [4.78, 5) is 53.9. The SMILES string of the molecule is Cc1ccc(S(=O)(=O)N2CC#CCN(C(=O)CCC(=O)ON3C(=O)CCC3=O)CCC2)cc1. The van der Waals surface area contributed by atoms with Gasteiger partial charge >= 0.3 is 5.97 Å². The summed E-state index contributed by atoms with van der Waals surface area (Å²) in [5, 5.41) is 0.446. The van der Waals surface area contributed by atoms with Crippen molar-refractivity contribution in [1.29, 1.82) is 0 Å². The van der Waals surface area contributed by atoms with Crippen molar-refractivity contribution < 1.29 is 32.4 Å². The van der Waals surface area contributed by atoms with Crippen molar-refractivity contribution in [1.82, 2.24) is 14.3 Å². The van der Waals surface area contributed by atoms with E-state index >= 15 is 0 Å². The van der Waals surface area contributed by atoms with E-state index in [0.717, 1.165) is 5.56 Å². The van der Waals surface area contributed by atoms with Gasteiger partial charge in [-0.3, -0.25) is 14.4 Å². The number of carbonyl (C=O) groups excluding carboxylic acids is 4. The summed E-state index contributed by atoms with van der Waals surface area (Å²) in [6, 6.07) is 6.58. The molecule has 2 aliphatic rings. The standard InChI is InChI=1S/C22H25N3O7S/c1-17-5-7-18(8-6-17)33(30,31)24-15-3-2-13-23(14-4-16-24)19(26)11-12-22(29)32-25-20(27)9-10-21(25)28/h5-8H,4,9-16H2,1H3. The Hall–Kier alpha value is -3.23. The number of amides is 3. The van der Waals surface area contributed by atoms with E-state index in [1.165, 1.54) is 9.21 Å². The molecule has 0 radical (unpaired) electrons. The smallest absolute Gasteiger partial charge is 0.331 e. The molecule has 3 amide bonds. The van der Waals surface area contributed by atoms with Crippen LogP contribution in [0.3, 0.4) is 0 Å².